The first-order valence-corrected chi connectivity index (χ1v) is 6.59. The van der Waals surface area contributed by atoms with Gasteiger partial charge in [-0.15, -0.1) is 15.3 Å². The van der Waals surface area contributed by atoms with Crippen LogP contribution >= 0.6 is 35.0 Å². The molecule has 6 nitrogen and oxygen atoms in total. The van der Waals surface area contributed by atoms with Gasteiger partial charge < -0.3 is 0 Å². The fourth-order valence-corrected chi connectivity index (χ4v) is 2.72. The van der Waals surface area contributed by atoms with Crippen LogP contribution < -0.4 is 5.69 Å². The Morgan fingerprint density at radius 3 is 2.78 bits per heavy atom. The molecular weight excluding hydrogens is 297 g/mol. The second-order valence-electron chi connectivity index (χ2n) is 3.70. The zero-order valence-electron chi connectivity index (χ0n) is 9.52. The highest BCUT2D eigenvalue weighted by Gasteiger charge is 2.15. The van der Waals surface area contributed by atoms with E-state index < -0.39 is 0 Å². The highest BCUT2D eigenvalue weighted by molar-refractivity contribution is 7.99. The van der Waals surface area contributed by atoms with Crippen molar-refractivity contribution in [1.29, 1.82) is 0 Å². The van der Waals surface area contributed by atoms with Crippen molar-refractivity contribution in [2.24, 2.45) is 0 Å². The van der Waals surface area contributed by atoms with Gasteiger partial charge in [-0.1, -0.05) is 23.2 Å². The minimum absolute atomic E-state index is 0.0113. The lowest BCUT2D eigenvalue weighted by Gasteiger charge is -2.08. The lowest BCUT2D eigenvalue weighted by molar-refractivity contribution is 0.534. The zero-order chi connectivity index (χ0) is 13.3. The molecule has 96 valence electrons. The van der Waals surface area contributed by atoms with E-state index in [2.05, 4.69) is 20.4 Å². The highest BCUT2D eigenvalue weighted by Crippen LogP contribution is 2.32. The van der Waals surface area contributed by atoms with Crippen molar-refractivity contribution >= 4 is 35.0 Å². The second kappa shape index (κ2) is 5.29. The summed E-state index contributed by atoms with van der Waals surface area (Å²) in [7, 11) is 0. The lowest BCUT2D eigenvalue weighted by atomic mass is 10.4. The molecule has 2 aromatic heterocycles. The van der Waals surface area contributed by atoms with E-state index in [1.807, 2.05) is 13.8 Å². The average Bonchev–Trinajstić information content (AvgIpc) is 2.65. The second-order valence-corrected chi connectivity index (χ2v) is 5.45. The molecular formula is C9H9Cl2N5OS. The van der Waals surface area contributed by atoms with Gasteiger partial charge in [0.25, 0.3) is 0 Å². The molecule has 0 radical (unpaired) electrons. The largest absolute Gasteiger partial charge is 0.344 e. The Labute approximate surface area is 117 Å². The van der Waals surface area contributed by atoms with Gasteiger partial charge in [0.2, 0.25) is 0 Å². The van der Waals surface area contributed by atoms with Gasteiger partial charge in [0.1, 0.15) is 0 Å². The van der Waals surface area contributed by atoms with Crippen molar-refractivity contribution in [2.45, 2.75) is 29.9 Å². The summed E-state index contributed by atoms with van der Waals surface area (Å²) in [6.07, 6.45) is 0. The highest BCUT2D eigenvalue weighted by atomic mass is 35.5. The van der Waals surface area contributed by atoms with E-state index in [1.54, 1.807) is 6.07 Å². The molecule has 2 rings (SSSR count). The molecule has 2 aromatic rings. The van der Waals surface area contributed by atoms with Crippen LogP contribution in [0.25, 0.3) is 0 Å². The standard InChI is InChI=1S/C9H9Cl2N5OS/c1-4(2)16-8(17)14-15-9(16)18-5-3-6(10)12-13-7(5)11/h3-4H,1-2H3,(H,14,17). The molecule has 0 aliphatic rings. The summed E-state index contributed by atoms with van der Waals surface area (Å²) in [5, 5.41) is 14.6. The van der Waals surface area contributed by atoms with Crippen molar-refractivity contribution in [3.63, 3.8) is 0 Å². The number of nitrogens with one attached hydrogen (secondary N) is 1. The zero-order valence-corrected chi connectivity index (χ0v) is 11.8. The smallest absolute Gasteiger partial charge is 0.267 e. The summed E-state index contributed by atoms with van der Waals surface area (Å²) in [4.78, 5) is 12.2. The Hall–Kier alpha value is -1.05. The summed E-state index contributed by atoms with van der Waals surface area (Å²) in [5.41, 5.74) is -0.267. The number of aromatic amines is 1. The van der Waals surface area contributed by atoms with Crippen LogP contribution in [-0.4, -0.2) is 25.0 Å². The molecule has 0 saturated heterocycles. The third-order valence-corrected chi connectivity index (χ3v) is 3.65. The maximum atomic E-state index is 11.6. The van der Waals surface area contributed by atoms with Crippen molar-refractivity contribution in [2.75, 3.05) is 0 Å². The van der Waals surface area contributed by atoms with Gasteiger partial charge in [-0.05, 0) is 31.7 Å². The Morgan fingerprint density at radius 2 is 2.11 bits per heavy atom. The number of hydrogen-bond donors (Lipinski definition) is 1. The number of rotatable bonds is 3. The van der Waals surface area contributed by atoms with Crippen LogP contribution in [0.4, 0.5) is 0 Å². The van der Waals surface area contributed by atoms with Crippen LogP contribution in [-0.2, 0) is 0 Å². The molecule has 0 aliphatic carbocycles. The van der Waals surface area contributed by atoms with Crippen LogP contribution in [0.5, 0.6) is 0 Å². The van der Waals surface area contributed by atoms with E-state index in [4.69, 9.17) is 23.2 Å². The first-order valence-electron chi connectivity index (χ1n) is 5.02. The molecule has 2 heterocycles. The predicted octanol–water partition coefficient (Wildman–Crippen LogP) is 2.40. The van der Waals surface area contributed by atoms with Gasteiger partial charge >= 0.3 is 5.69 Å². The minimum Gasteiger partial charge on any atom is -0.267 e. The summed E-state index contributed by atoms with van der Waals surface area (Å²) in [5.74, 6) is 0. The van der Waals surface area contributed by atoms with E-state index in [0.717, 1.165) is 0 Å². The van der Waals surface area contributed by atoms with Crippen LogP contribution in [0, 0.1) is 0 Å². The van der Waals surface area contributed by atoms with Crippen LogP contribution in [0.15, 0.2) is 20.9 Å². The maximum Gasteiger partial charge on any atom is 0.344 e. The van der Waals surface area contributed by atoms with Crippen LogP contribution in [0.3, 0.4) is 0 Å². The average molecular weight is 306 g/mol. The molecule has 0 unspecified atom stereocenters. The van der Waals surface area contributed by atoms with Crippen molar-refractivity contribution in [1.82, 2.24) is 25.0 Å². The normalized spacial score (nSPS) is 11.2. The monoisotopic (exact) mass is 305 g/mol. The third kappa shape index (κ3) is 2.68. The number of nitrogens with zero attached hydrogens (tertiary/aromatic N) is 4. The predicted molar refractivity (Wildman–Crippen MR) is 69.4 cm³/mol. The molecule has 0 bridgehead atoms. The number of halogens is 2. The lowest BCUT2D eigenvalue weighted by Crippen LogP contribution is -2.19. The van der Waals surface area contributed by atoms with Crippen LogP contribution in [0.1, 0.15) is 19.9 Å². The minimum atomic E-state index is -0.267. The van der Waals surface area contributed by atoms with E-state index in [-0.39, 0.29) is 22.0 Å². The molecule has 0 amide bonds. The quantitative estimate of drug-likeness (QED) is 0.942. The summed E-state index contributed by atoms with van der Waals surface area (Å²) < 4.78 is 1.52. The van der Waals surface area contributed by atoms with Gasteiger partial charge in [0.15, 0.2) is 15.5 Å². The van der Waals surface area contributed by atoms with E-state index in [9.17, 15) is 4.79 Å². The van der Waals surface area contributed by atoms with Gasteiger partial charge in [0.05, 0.1) is 4.90 Å². The number of H-pyrrole nitrogens is 1. The first kappa shape index (κ1) is 13.4. The number of aromatic nitrogens is 5. The van der Waals surface area contributed by atoms with Gasteiger partial charge in [-0.25, -0.2) is 9.89 Å². The Morgan fingerprint density at radius 1 is 1.39 bits per heavy atom. The number of hydrogen-bond acceptors (Lipinski definition) is 5. The fourth-order valence-electron chi connectivity index (χ4n) is 1.33. The molecule has 0 aromatic carbocycles. The van der Waals surface area contributed by atoms with Crippen LogP contribution in [0.2, 0.25) is 10.3 Å². The van der Waals surface area contributed by atoms with E-state index in [0.29, 0.717) is 10.1 Å². The molecule has 1 N–H and O–H groups in total. The molecule has 18 heavy (non-hydrogen) atoms. The van der Waals surface area contributed by atoms with Gasteiger partial charge in [0, 0.05) is 6.04 Å². The van der Waals surface area contributed by atoms with Crippen molar-refractivity contribution in [3.05, 3.63) is 26.9 Å². The summed E-state index contributed by atoms with van der Waals surface area (Å²) >= 11 is 12.9. The first-order chi connectivity index (χ1) is 8.49. The topological polar surface area (TPSA) is 76.5 Å². The van der Waals surface area contributed by atoms with Crippen molar-refractivity contribution < 1.29 is 0 Å². The van der Waals surface area contributed by atoms with Crippen molar-refractivity contribution in [3.8, 4) is 0 Å². The van der Waals surface area contributed by atoms with E-state index in [1.165, 1.54) is 16.3 Å². The Kier molecular flexibility index (Phi) is 3.94. The molecule has 9 heteroatoms. The van der Waals surface area contributed by atoms with Gasteiger partial charge in [-0.2, -0.15) is 0 Å². The molecule has 0 fully saturated rings. The van der Waals surface area contributed by atoms with E-state index >= 15 is 0 Å². The Balaban J connectivity index is 2.40. The summed E-state index contributed by atoms with van der Waals surface area (Å²) in [6, 6.07) is 1.56. The third-order valence-electron chi connectivity index (χ3n) is 2.08. The maximum absolute atomic E-state index is 11.6. The van der Waals surface area contributed by atoms with Gasteiger partial charge in [-0.3, -0.25) is 4.57 Å². The molecule has 0 saturated carbocycles. The molecule has 0 aliphatic heterocycles. The molecule has 0 atom stereocenters. The SMILES string of the molecule is CC(C)n1c(Sc2cc(Cl)nnc2Cl)n[nH]c1=O. The molecule has 0 spiro atoms. The fraction of sp³-hybridized carbons (Fsp3) is 0.333. The Bertz CT molecular complexity index is 624. The summed E-state index contributed by atoms with van der Waals surface area (Å²) in [6.45, 7) is 3.78.